The van der Waals surface area contributed by atoms with Gasteiger partial charge in [0.25, 0.3) is 0 Å². The van der Waals surface area contributed by atoms with Gasteiger partial charge in [0, 0.05) is 6.04 Å². The third-order valence-corrected chi connectivity index (χ3v) is 3.45. The standard InChI is InChI=1S/C11H23N/c1-9-7-5-6-8-11(2,3)10(9)12-4/h9-10,12H,5-8H2,1-4H3. The Kier molecular flexibility index (Phi) is 3.16. The van der Waals surface area contributed by atoms with E-state index in [0.717, 1.165) is 5.92 Å². The van der Waals surface area contributed by atoms with Crippen LogP contribution in [0.5, 0.6) is 0 Å². The van der Waals surface area contributed by atoms with Crippen LogP contribution in [0, 0.1) is 11.3 Å². The Morgan fingerprint density at radius 3 is 2.50 bits per heavy atom. The largest absolute Gasteiger partial charge is 0.316 e. The second-order valence-electron chi connectivity index (χ2n) is 4.98. The van der Waals surface area contributed by atoms with E-state index in [1.807, 2.05) is 0 Å². The molecule has 0 amide bonds. The van der Waals surface area contributed by atoms with Crippen molar-refractivity contribution in [3.63, 3.8) is 0 Å². The normalized spacial score (nSPS) is 36.0. The van der Waals surface area contributed by atoms with Crippen LogP contribution in [0.1, 0.15) is 46.5 Å². The van der Waals surface area contributed by atoms with Crippen molar-refractivity contribution in [2.75, 3.05) is 7.05 Å². The quantitative estimate of drug-likeness (QED) is 0.595. The van der Waals surface area contributed by atoms with Crippen molar-refractivity contribution in [3.05, 3.63) is 0 Å². The van der Waals surface area contributed by atoms with Gasteiger partial charge in [-0.1, -0.05) is 33.6 Å². The molecule has 72 valence electrons. The van der Waals surface area contributed by atoms with Crippen molar-refractivity contribution in [2.45, 2.75) is 52.5 Å². The molecule has 2 unspecified atom stereocenters. The number of hydrogen-bond donors (Lipinski definition) is 1. The molecule has 0 spiro atoms. The summed E-state index contributed by atoms with van der Waals surface area (Å²) in [6.45, 7) is 7.18. The fourth-order valence-corrected chi connectivity index (χ4v) is 2.81. The average molecular weight is 169 g/mol. The number of hydrogen-bond acceptors (Lipinski definition) is 1. The van der Waals surface area contributed by atoms with E-state index in [9.17, 15) is 0 Å². The predicted molar refractivity (Wildman–Crippen MR) is 54.3 cm³/mol. The van der Waals surface area contributed by atoms with Crippen LogP contribution in [0.2, 0.25) is 0 Å². The lowest BCUT2D eigenvalue weighted by Gasteiger charge is -2.36. The third kappa shape index (κ3) is 2.01. The maximum absolute atomic E-state index is 3.48. The zero-order valence-electron chi connectivity index (χ0n) is 8.98. The van der Waals surface area contributed by atoms with Crippen LogP contribution in [0.25, 0.3) is 0 Å². The van der Waals surface area contributed by atoms with Crippen molar-refractivity contribution in [3.8, 4) is 0 Å². The monoisotopic (exact) mass is 169 g/mol. The van der Waals surface area contributed by atoms with Gasteiger partial charge in [0.2, 0.25) is 0 Å². The summed E-state index contributed by atoms with van der Waals surface area (Å²) in [6, 6.07) is 0.708. The molecule has 1 heteroatoms. The Balaban J connectivity index is 2.70. The molecular formula is C11H23N. The maximum Gasteiger partial charge on any atom is 0.0141 e. The molecule has 1 rings (SSSR count). The Labute approximate surface area is 76.9 Å². The molecule has 1 N–H and O–H groups in total. The molecule has 0 aromatic rings. The summed E-state index contributed by atoms with van der Waals surface area (Å²) in [5.74, 6) is 0.840. The highest BCUT2D eigenvalue weighted by Gasteiger charge is 2.33. The number of nitrogens with one attached hydrogen (secondary N) is 1. The first-order valence-electron chi connectivity index (χ1n) is 5.25. The Morgan fingerprint density at radius 1 is 1.25 bits per heavy atom. The summed E-state index contributed by atoms with van der Waals surface area (Å²) < 4.78 is 0. The molecule has 0 radical (unpaired) electrons. The van der Waals surface area contributed by atoms with E-state index >= 15 is 0 Å². The molecule has 1 fully saturated rings. The van der Waals surface area contributed by atoms with Crippen LogP contribution in [0.15, 0.2) is 0 Å². The minimum Gasteiger partial charge on any atom is -0.316 e. The first-order valence-corrected chi connectivity index (χ1v) is 5.25. The van der Waals surface area contributed by atoms with E-state index in [1.54, 1.807) is 0 Å². The lowest BCUT2D eigenvalue weighted by atomic mass is 9.77. The summed E-state index contributed by atoms with van der Waals surface area (Å²) in [6.07, 6.45) is 5.61. The minimum absolute atomic E-state index is 0.491. The zero-order chi connectivity index (χ0) is 9.19. The smallest absolute Gasteiger partial charge is 0.0141 e. The van der Waals surface area contributed by atoms with Gasteiger partial charge in [-0.25, -0.2) is 0 Å². The Hall–Kier alpha value is -0.0400. The summed E-state index contributed by atoms with van der Waals surface area (Å²) in [7, 11) is 2.11. The molecule has 0 saturated heterocycles. The molecule has 1 aliphatic carbocycles. The maximum atomic E-state index is 3.48. The fourth-order valence-electron chi connectivity index (χ4n) is 2.81. The molecule has 0 aromatic carbocycles. The minimum atomic E-state index is 0.491. The van der Waals surface area contributed by atoms with E-state index in [4.69, 9.17) is 0 Å². The van der Waals surface area contributed by atoms with Crippen molar-refractivity contribution in [2.24, 2.45) is 11.3 Å². The van der Waals surface area contributed by atoms with E-state index < -0.39 is 0 Å². The molecule has 1 saturated carbocycles. The van der Waals surface area contributed by atoms with Gasteiger partial charge in [0.05, 0.1) is 0 Å². The molecule has 0 aromatic heterocycles. The molecule has 0 bridgehead atoms. The van der Waals surface area contributed by atoms with E-state index in [-0.39, 0.29) is 0 Å². The van der Waals surface area contributed by atoms with Crippen molar-refractivity contribution in [1.82, 2.24) is 5.32 Å². The summed E-state index contributed by atoms with van der Waals surface area (Å²) in [5.41, 5.74) is 0.491. The highest BCUT2D eigenvalue weighted by Crippen LogP contribution is 2.36. The van der Waals surface area contributed by atoms with Gasteiger partial charge < -0.3 is 5.32 Å². The van der Waals surface area contributed by atoms with Crippen molar-refractivity contribution < 1.29 is 0 Å². The average Bonchev–Trinajstić information content (AvgIpc) is 2.09. The zero-order valence-corrected chi connectivity index (χ0v) is 8.98. The van der Waals surface area contributed by atoms with Crippen LogP contribution in [-0.4, -0.2) is 13.1 Å². The van der Waals surface area contributed by atoms with Crippen molar-refractivity contribution >= 4 is 0 Å². The topological polar surface area (TPSA) is 12.0 Å². The third-order valence-electron chi connectivity index (χ3n) is 3.45. The molecule has 1 nitrogen and oxygen atoms in total. The fraction of sp³-hybridized carbons (Fsp3) is 1.00. The lowest BCUT2D eigenvalue weighted by Crippen LogP contribution is -2.43. The van der Waals surface area contributed by atoms with Gasteiger partial charge >= 0.3 is 0 Å². The highest BCUT2D eigenvalue weighted by molar-refractivity contribution is 4.89. The Morgan fingerprint density at radius 2 is 1.92 bits per heavy atom. The Bertz CT molecular complexity index is 140. The first kappa shape index (κ1) is 10.0. The predicted octanol–water partition coefficient (Wildman–Crippen LogP) is 2.81. The second-order valence-corrected chi connectivity index (χ2v) is 4.98. The first-order chi connectivity index (χ1) is 5.58. The summed E-state index contributed by atoms with van der Waals surface area (Å²) in [4.78, 5) is 0. The van der Waals surface area contributed by atoms with Crippen LogP contribution in [0.3, 0.4) is 0 Å². The van der Waals surface area contributed by atoms with Crippen LogP contribution in [0.4, 0.5) is 0 Å². The summed E-state index contributed by atoms with van der Waals surface area (Å²) >= 11 is 0. The lowest BCUT2D eigenvalue weighted by molar-refractivity contribution is 0.192. The van der Waals surface area contributed by atoms with Gasteiger partial charge in [-0.05, 0) is 31.2 Å². The molecule has 0 heterocycles. The van der Waals surface area contributed by atoms with Gasteiger partial charge in [-0.2, -0.15) is 0 Å². The van der Waals surface area contributed by atoms with Gasteiger partial charge in [-0.3, -0.25) is 0 Å². The highest BCUT2D eigenvalue weighted by atomic mass is 14.9. The van der Waals surface area contributed by atoms with Gasteiger partial charge in [0.1, 0.15) is 0 Å². The van der Waals surface area contributed by atoms with Crippen molar-refractivity contribution in [1.29, 1.82) is 0 Å². The van der Waals surface area contributed by atoms with Gasteiger partial charge in [-0.15, -0.1) is 0 Å². The second kappa shape index (κ2) is 3.78. The van der Waals surface area contributed by atoms with Crippen LogP contribution >= 0.6 is 0 Å². The molecule has 1 aliphatic rings. The molecule has 12 heavy (non-hydrogen) atoms. The van der Waals surface area contributed by atoms with Gasteiger partial charge in [0.15, 0.2) is 0 Å². The SMILES string of the molecule is CNC1C(C)CCCCC1(C)C. The van der Waals surface area contributed by atoms with E-state index in [2.05, 4.69) is 33.1 Å². The molecule has 0 aliphatic heterocycles. The molecule has 2 atom stereocenters. The van der Waals surface area contributed by atoms with Crippen LogP contribution < -0.4 is 5.32 Å². The van der Waals surface area contributed by atoms with E-state index in [1.165, 1.54) is 25.7 Å². The summed E-state index contributed by atoms with van der Waals surface area (Å²) in [5, 5.41) is 3.48. The van der Waals surface area contributed by atoms with Crippen LogP contribution in [-0.2, 0) is 0 Å². The number of rotatable bonds is 1. The van der Waals surface area contributed by atoms with E-state index in [0.29, 0.717) is 11.5 Å². The molecular weight excluding hydrogens is 146 g/mol.